The summed E-state index contributed by atoms with van der Waals surface area (Å²) in [4.78, 5) is 11.9. The van der Waals surface area contributed by atoms with Gasteiger partial charge in [0.2, 0.25) is 5.91 Å². The zero-order valence-corrected chi connectivity index (χ0v) is 13.7. The van der Waals surface area contributed by atoms with Crippen molar-refractivity contribution in [2.75, 3.05) is 7.11 Å². The number of methoxy groups -OCH3 is 1. The highest BCUT2D eigenvalue weighted by atomic mass is 35.5. The number of ether oxygens (including phenoxy) is 1. The summed E-state index contributed by atoms with van der Waals surface area (Å²) in [7, 11) is 1.63. The second-order valence-electron chi connectivity index (χ2n) is 4.82. The van der Waals surface area contributed by atoms with Crippen LogP contribution in [-0.4, -0.2) is 13.0 Å². The molecule has 0 radical (unpaired) electrons. The number of carbonyl (C=O) groups excluding carboxylic acids is 1. The average Bonchev–Trinajstić information content (AvgIpc) is 2.52. The molecule has 116 valence electrons. The lowest BCUT2D eigenvalue weighted by Crippen LogP contribution is -2.23. The number of amides is 1. The van der Waals surface area contributed by atoms with Crippen LogP contribution in [0.5, 0.6) is 5.75 Å². The Morgan fingerprint density at radius 1 is 1.14 bits per heavy atom. The minimum absolute atomic E-state index is 0.0306. The molecule has 1 N–H and O–H groups in total. The summed E-state index contributed by atoms with van der Waals surface area (Å²) in [6.45, 7) is 0.390. The summed E-state index contributed by atoms with van der Waals surface area (Å²) in [6, 6.07) is 12.9. The van der Waals surface area contributed by atoms with Crippen molar-refractivity contribution in [2.45, 2.75) is 19.4 Å². The topological polar surface area (TPSA) is 38.3 Å². The van der Waals surface area contributed by atoms with Gasteiger partial charge in [0, 0.05) is 23.0 Å². The zero-order valence-electron chi connectivity index (χ0n) is 12.2. The maximum atomic E-state index is 11.9. The summed E-state index contributed by atoms with van der Waals surface area (Å²) in [5, 5.41) is 3.99. The minimum atomic E-state index is -0.0306. The molecular weight excluding hydrogens is 321 g/mol. The molecule has 0 bridgehead atoms. The van der Waals surface area contributed by atoms with Gasteiger partial charge in [0.25, 0.3) is 0 Å². The van der Waals surface area contributed by atoms with Crippen LogP contribution in [0.1, 0.15) is 17.5 Å². The van der Waals surface area contributed by atoms with Gasteiger partial charge in [-0.3, -0.25) is 4.79 Å². The first-order chi connectivity index (χ1) is 10.6. The molecule has 0 spiro atoms. The lowest BCUT2D eigenvalue weighted by atomic mass is 10.1. The van der Waals surface area contributed by atoms with Crippen LogP contribution in [0.25, 0.3) is 0 Å². The summed E-state index contributed by atoms with van der Waals surface area (Å²) in [5.74, 6) is 0.771. The second kappa shape index (κ2) is 8.06. The Bertz CT molecular complexity index is 659. The number of hydrogen-bond donors (Lipinski definition) is 1. The minimum Gasteiger partial charge on any atom is -0.496 e. The quantitative estimate of drug-likeness (QED) is 0.855. The van der Waals surface area contributed by atoms with Crippen LogP contribution in [0.4, 0.5) is 0 Å². The van der Waals surface area contributed by atoms with E-state index in [1.807, 2.05) is 30.3 Å². The molecule has 2 aromatic rings. The Kier molecular flexibility index (Phi) is 6.10. The van der Waals surface area contributed by atoms with E-state index in [1.165, 1.54) is 0 Å². The number of nitrogens with one attached hydrogen (secondary N) is 1. The Morgan fingerprint density at radius 3 is 2.64 bits per heavy atom. The van der Waals surface area contributed by atoms with Crippen LogP contribution in [0, 0.1) is 0 Å². The first-order valence-corrected chi connectivity index (χ1v) is 7.68. The van der Waals surface area contributed by atoms with Crippen molar-refractivity contribution in [3.05, 3.63) is 63.6 Å². The van der Waals surface area contributed by atoms with E-state index in [2.05, 4.69) is 5.32 Å². The fourth-order valence-electron chi connectivity index (χ4n) is 2.10. The molecule has 0 aliphatic carbocycles. The predicted molar refractivity (Wildman–Crippen MR) is 89.6 cm³/mol. The number of benzene rings is 2. The van der Waals surface area contributed by atoms with Crippen LogP contribution in [0.2, 0.25) is 10.0 Å². The summed E-state index contributed by atoms with van der Waals surface area (Å²) in [5.41, 5.74) is 1.86. The van der Waals surface area contributed by atoms with E-state index < -0.39 is 0 Å². The molecule has 22 heavy (non-hydrogen) atoms. The maximum Gasteiger partial charge on any atom is 0.220 e. The third-order valence-corrected chi connectivity index (χ3v) is 3.89. The van der Waals surface area contributed by atoms with Gasteiger partial charge < -0.3 is 10.1 Å². The van der Waals surface area contributed by atoms with Crippen molar-refractivity contribution in [3.63, 3.8) is 0 Å². The molecule has 0 saturated heterocycles. The van der Waals surface area contributed by atoms with E-state index in [4.69, 9.17) is 27.9 Å². The third kappa shape index (κ3) is 4.65. The Balaban J connectivity index is 1.85. The van der Waals surface area contributed by atoms with Crippen molar-refractivity contribution >= 4 is 29.1 Å². The van der Waals surface area contributed by atoms with E-state index in [0.717, 1.165) is 16.9 Å². The Morgan fingerprint density at radius 2 is 1.91 bits per heavy atom. The van der Waals surface area contributed by atoms with E-state index in [1.54, 1.807) is 19.2 Å². The van der Waals surface area contributed by atoms with E-state index >= 15 is 0 Å². The lowest BCUT2D eigenvalue weighted by molar-refractivity contribution is -0.121. The highest BCUT2D eigenvalue weighted by molar-refractivity contribution is 6.35. The van der Waals surface area contributed by atoms with Gasteiger partial charge in [-0.2, -0.15) is 0 Å². The van der Waals surface area contributed by atoms with Gasteiger partial charge >= 0.3 is 0 Å². The molecule has 0 saturated carbocycles. The lowest BCUT2D eigenvalue weighted by Gasteiger charge is -2.09. The molecule has 0 heterocycles. The molecular formula is C17H17Cl2NO2. The van der Waals surface area contributed by atoms with Crippen molar-refractivity contribution in [2.24, 2.45) is 0 Å². The van der Waals surface area contributed by atoms with E-state index in [9.17, 15) is 4.79 Å². The Labute approximate surface area is 140 Å². The van der Waals surface area contributed by atoms with Gasteiger partial charge in [0.15, 0.2) is 0 Å². The highest BCUT2D eigenvalue weighted by Crippen LogP contribution is 2.21. The van der Waals surface area contributed by atoms with Crippen molar-refractivity contribution in [1.29, 1.82) is 0 Å². The van der Waals surface area contributed by atoms with Gasteiger partial charge in [-0.15, -0.1) is 0 Å². The number of para-hydroxylation sites is 1. The molecule has 0 unspecified atom stereocenters. The number of hydrogen-bond acceptors (Lipinski definition) is 2. The standard InChI is InChI=1S/C17H17Cl2NO2/c1-22-16-5-3-2-4-12(16)7-9-17(21)20-11-13-6-8-14(18)10-15(13)19/h2-6,8,10H,7,9,11H2,1H3,(H,20,21). The molecule has 0 aromatic heterocycles. The molecule has 3 nitrogen and oxygen atoms in total. The maximum absolute atomic E-state index is 11.9. The van der Waals surface area contributed by atoms with Gasteiger partial charge in [-0.05, 0) is 35.7 Å². The normalized spacial score (nSPS) is 10.3. The number of halogens is 2. The van der Waals surface area contributed by atoms with Gasteiger partial charge in [-0.25, -0.2) is 0 Å². The smallest absolute Gasteiger partial charge is 0.220 e. The molecule has 2 rings (SSSR count). The second-order valence-corrected chi connectivity index (χ2v) is 5.67. The summed E-state index contributed by atoms with van der Waals surface area (Å²) < 4.78 is 5.27. The van der Waals surface area contributed by atoms with E-state index in [-0.39, 0.29) is 5.91 Å². The zero-order chi connectivity index (χ0) is 15.9. The number of carbonyl (C=O) groups is 1. The first kappa shape index (κ1) is 16.7. The van der Waals surface area contributed by atoms with Crippen molar-refractivity contribution in [1.82, 2.24) is 5.32 Å². The monoisotopic (exact) mass is 337 g/mol. The van der Waals surface area contributed by atoms with Crippen molar-refractivity contribution in [3.8, 4) is 5.75 Å². The molecule has 0 aliphatic heterocycles. The van der Waals surface area contributed by atoms with Gasteiger partial charge in [0.05, 0.1) is 7.11 Å². The molecule has 0 atom stereocenters. The Hall–Kier alpha value is -1.71. The van der Waals surface area contributed by atoms with E-state index in [0.29, 0.717) is 29.4 Å². The van der Waals surface area contributed by atoms with Crippen LogP contribution < -0.4 is 10.1 Å². The third-order valence-electron chi connectivity index (χ3n) is 3.31. The van der Waals surface area contributed by atoms with Crippen LogP contribution >= 0.6 is 23.2 Å². The molecule has 5 heteroatoms. The van der Waals surface area contributed by atoms with Crippen LogP contribution in [0.15, 0.2) is 42.5 Å². The summed E-state index contributed by atoms with van der Waals surface area (Å²) in [6.07, 6.45) is 1.02. The summed E-state index contributed by atoms with van der Waals surface area (Å²) >= 11 is 11.9. The number of aryl methyl sites for hydroxylation is 1. The molecule has 0 fully saturated rings. The predicted octanol–water partition coefficient (Wildman–Crippen LogP) is 4.25. The SMILES string of the molecule is COc1ccccc1CCC(=O)NCc1ccc(Cl)cc1Cl. The highest BCUT2D eigenvalue weighted by Gasteiger charge is 2.07. The molecule has 0 aliphatic rings. The molecule has 2 aromatic carbocycles. The fourth-order valence-corrected chi connectivity index (χ4v) is 2.58. The van der Waals surface area contributed by atoms with Crippen LogP contribution in [0.3, 0.4) is 0 Å². The van der Waals surface area contributed by atoms with Gasteiger partial charge in [-0.1, -0.05) is 47.5 Å². The van der Waals surface area contributed by atoms with Gasteiger partial charge in [0.1, 0.15) is 5.75 Å². The average molecular weight is 338 g/mol. The van der Waals surface area contributed by atoms with Crippen molar-refractivity contribution < 1.29 is 9.53 Å². The number of rotatable bonds is 6. The fraction of sp³-hybridized carbons (Fsp3) is 0.235. The molecule has 1 amide bonds. The first-order valence-electron chi connectivity index (χ1n) is 6.92. The largest absolute Gasteiger partial charge is 0.496 e. The van der Waals surface area contributed by atoms with Crippen LogP contribution in [-0.2, 0) is 17.8 Å².